The highest BCUT2D eigenvalue weighted by molar-refractivity contribution is 7.22. The van der Waals surface area contributed by atoms with Crippen molar-refractivity contribution in [1.29, 1.82) is 0 Å². The minimum absolute atomic E-state index is 0.0259. The number of pyridine rings is 1. The number of aryl methyl sites for hydroxylation is 2. The molecule has 0 aliphatic carbocycles. The van der Waals surface area contributed by atoms with Gasteiger partial charge in [0.2, 0.25) is 11.8 Å². The third-order valence-corrected chi connectivity index (χ3v) is 7.60. The Hall–Kier alpha value is -4.71. The molecule has 6 rings (SSSR count). The fraction of sp³-hybridized carbons (Fsp3) is 0.276. The molecule has 2 aromatic carbocycles. The number of benzene rings is 2. The standard InChI is InChI=1S/C29H27N5O6S/c1-6-37-21-8-7-17(12-30-21)34(4)29(35)40-23-14-38-26-20(39-23)11-16(3)24-27(26)41-28(33-24)18-9-15(2)10-19-25(18)31-13-22(32-19)36-5/h7-13,23H,6,14H2,1-5H3. The van der Waals surface area contributed by atoms with Crippen molar-refractivity contribution in [2.24, 2.45) is 0 Å². The number of thiazole rings is 1. The monoisotopic (exact) mass is 573 g/mol. The molecule has 1 aliphatic heterocycles. The van der Waals surface area contributed by atoms with Crippen molar-refractivity contribution in [3.05, 3.63) is 53.9 Å². The third-order valence-electron chi connectivity index (χ3n) is 6.52. The van der Waals surface area contributed by atoms with E-state index in [1.165, 1.54) is 16.2 Å². The van der Waals surface area contributed by atoms with E-state index in [1.54, 1.807) is 38.7 Å². The van der Waals surface area contributed by atoms with Crippen molar-refractivity contribution in [2.45, 2.75) is 27.1 Å². The average Bonchev–Trinajstić information content (AvgIpc) is 3.43. The zero-order chi connectivity index (χ0) is 28.7. The molecule has 3 aromatic heterocycles. The first-order valence-corrected chi connectivity index (χ1v) is 13.7. The van der Waals surface area contributed by atoms with Gasteiger partial charge in [0.15, 0.2) is 18.1 Å². The molecule has 1 atom stereocenters. The van der Waals surface area contributed by atoms with Gasteiger partial charge in [-0.15, -0.1) is 11.3 Å². The molecule has 210 valence electrons. The van der Waals surface area contributed by atoms with Crippen LogP contribution in [0.15, 0.2) is 42.7 Å². The number of methoxy groups -OCH3 is 1. The summed E-state index contributed by atoms with van der Waals surface area (Å²) in [6.07, 6.45) is 1.61. The van der Waals surface area contributed by atoms with E-state index >= 15 is 0 Å². The number of hydrogen-bond acceptors (Lipinski definition) is 11. The molecule has 1 aliphatic rings. The average molecular weight is 574 g/mol. The molecule has 0 fully saturated rings. The van der Waals surface area contributed by atoms with E-state index in [-0.39, 0.29) is 6.61 Å². The van der Waals surface area contributed by atoms with E-state index in [0.717, 1.165) is 42.9 Å². The Bertz CT molecular complexity index is 1770. The highest BCUT2D eigenvalue weighted by Crippen LogP contribution is 2.46. The molecule has 0 N–H and O–H groups in total. The second kappa shape index (κ2) is 10.7. The van der Waals surface area contributed by atoms with Gasteiger partial charge in [-0.2, -0.15) is 0 Å². The molecule has 5 aromatic rings. The lowest BCUT2D eigenvalue weighted by atomic mass is 10.1. The van der Waals surface area contributed by atoms with Gasteiger partial charge in [-0.3, -0.25) is 4.90 Å². The van der Waals surface area contributed by atoms with Gasteiger partial charge >= 0.3 is 6.09 Å². The van der Waals surface area contributed by atoms with Crippen LogP contribution in [-0.2, 0) is 4.74 Å². The summed E-state index contributed by atoms with van der Waals surface area (Å²) in [5.74, 6) is 1.98. The van der Waals surface area contributed by atoms with E-state index in [2.05, 4.69) is 15.0 Å². The lowest BCUT2D eigenvalue weighted by Crippen LogP contribution is -2.38. The molecule has 11 nitrogen and oxygen atoms in total. The maximum Gasteiger partial charge on any atom is 0.417 e. The van der Waals surface area contributed by atoms with Crippen LogP contribution < -0.4 is 23.8 Å². The van der Waals surface area contributed by atoms with Crippen LogP contribution in [0.1, 0.15) is 18.1 Å². The van der Waals surface area contributed by atoms with Crippen LogP contribution >= 0.6 is 11.3 Å². The van der Waals surface area contributed by atoms with Crippen LogP contribution in [-0.4, -0.2) is 59.7 Å². The van der Waals surface area contributed by atoms with Crippen molar-refractivity contribution < 1.29 is 28.5 Å². The summed E-state index contributed by atoms with van der Waals surface area (Å²) >= 11 is 1.49. The normalized spacial score (nSPS) is 14.2. The Morgan fingerprint density at radius 3 is 2.71 bits per heavy atom. The smallest absolute Gasteiger partial charge is 0.417 e. The predicted molar refractivity (Wildman–Crippen MR) is 154 cm³/mol. The number of fused-ring (bicyclic) bond motifs is 4. The first-order chi connectivity index (χ1) is 19.8. The first-order valence-electron chi connectivity index (χ1n) is 12.9. The summed E-state index contributed by atoms with van der Waals surface area (Å²) < 4.78 is 29.2. The highest BCUT2D eigenvalue weighted by Gasteiger charge is 2.30. The zero-order valence-electron chi connectivity index (χ0n) is 23.1. The number of nitrogens with zero attached hydrogens (tertiary/aromatic N) is 5. The van der Waals surface area contributed by atoms with E-state index in [1.807, 2.05) is 39.0 Å². The Balaban J connectivity index is 1.26. The van der Waals surface area contributed by atoms with Gasteiger partial charge in [0.25, 0.3) is 6.29 Å². The minimum Gasteiger partial charge on any atom is -0.480 e. The van der Waals surface area contributed by atoms with Gasteiger partial charge in [-0.25, -0.2) is 24.7 Å². The summed E-state index contributed by atoms with van der Waals surface area (Å²) in [5, 5.41) is 0.785. The molecular formula is C29H27N5O6S. The second-order valence-corrected chi connectivity index (χ2v) is 10.4. The molecule has 1 unspecified atom stereocenters. The van der Waals surface area contributed by atoms with Crippen molar-refractivity contribution in [3.63, 3.8) is 0 Å². The molecule has 0 spiro atoms. The quantitative estimate of drug-likeness (QED) is 0.250. The molecular weight excluding hydrogens is 546 g/mol. The van der Waals surface area contributed by atoms with Gasteiger partial charge in [-0.05, 0) is 56.2 Å². The molecule has 1 amide bonds. The molecule has 0 saturated heterocycles. The fourth-order valence-corrected chi connectivity index (χ4v) is 5.67. The maximum absolute atomic E-state index is 12.8. The van der Waals surface area contributed by atoms with E-state index in [0.29, 0.717) is 35.6 Å². The summed E-state index contributed by atoms with van der Waals surface area (Å²) in [7, 11) is 3.16. The Morgan fingerprint density at radius 2 is 1.95 bits per heavy atom. The number of hydrogen-bond donors (Lipinski definition) is 0. The van der Waals surface area contributed by atoms with Gasteiger partial charge in [-0.1, -0.05) is 0 Å². The number of ether oxygens (including phenoxy) is 5. The minimum atomic E-state index is -0.927. The van der Waals surface area contributed by atoms with E-state index in [9.17, 15) is 4.79 Å². The second-order valence-electron chi connectivity index (χ2n) is 9.40. The lowest BCUT2D eigenvalue weighted by Gasteiger charge is -2.28. The van der Waals surface area contributed by atoms with Gasteiger partial charge in [0, 0.05) is 18.7 Å². The Labute approximate surface area is 239 Å². The zero-order valence-corrected chi connectivity index (χ0v) is 23.9. The molecule has 0 radical (unpaired) electrons. The SMILES string of the molecule is CCOc1ccc(N(C)C(=O)OC2COc3c(cc(C)c4nc(-c5cc(C)cc6nc(OC)cnc56)sc34)O2)cn1. The largest absolute Gasteiger partial charge is 0.480 e. The van der Waals surface area contributed by atoms with Crippen LogP contribution in [0.25, 0.3) is 31.8 Å². The molecule has 0 saturated carbocycles. The van der Waals surface area contributed by atoms with Crippen LogP contribution in [0.4, 0.5) is 10.5 Å². The number of amides is 1. The number of rotatable bonds is 6. The molecule has 12 heteroatoms. The fourth-order valence-electron chi connectivity index (χ4n) is 4.52. The summed E-state index contributed by atoms with van der Waals surface area (Å²) in [6, 6.07) is 9.29. The van der Waals surface area contributed by atoms with E-state index < -0.39 is 12.4 Å². The molecule has 41 heavy (non-hydrogen) atoms. The van der Waals surface area contributed by atoms with Crippen LogP contribution in [0.3, 0.4) is 0 Å². The van der Waals surface area contributed by atoms with E-state index in [4.69, 9.17) is 28.7 Å². The van der Waals surface area contributed by atoms with Crippen molar-refractivity contribution in [2.75, 3.05) is 32.3 Å². The topological polar surface area (TPSA) is 118 Å². The Kier molecular flexibility index (Phi) is 6.91. The number of carbonyl (C=O) groups excluding carboxylic acids is 1. The van der Waals surface area contributed by atoms with Crippen LogP contribution in [0, 0.1) is 13.8 Å². The highest BCUT2D eigenvalue weighted by atomic mass is 32.1. The summed E-state index contributed by atoms with van der Waals surface area (Å²) in [6.45, 7) is 6.37. The maximum atomic E-state index is 12.8. The number of aromatic nitrogens is 4. The molecule has 4 heterocycles. The van der Waals surface area contributed by atoms with Crippen LogP contribution in [0.5, 0.6) is 23.3 Å². The van der Waals surface area contributed by atoms with Gasteiger partial charge < -0.3 is 23.7 Å². The van der Waals surface area contributed by atoms with Crippen molar-refractivity contribution in [3.8, 4) is 33.8 Å². The first kappa shape index (κ1) is 26.5. The third kappa shape index (κ3) is 5.02. The van der Waals surface area contributed by atoms with Crippen LogP contribution in [0.2, 0.25) is 0 Å². The van der Waals surface area contributed by atoms with Crippen molar-refractivity contribution >= 4 is 44.4 Å². The lowest BCUT2D eigenvalue weighted by molar-refractivity contribution is -0.0718. The summed E-state index contributed by atoms with van der Waals surface area (Å²) in [5.41, 5.74) is 5.63. The van der Waals surface area contributed by atoms with Gasteiger partial charge in [0.1, 0.15) is 9.71 Å². The van der Waals surface area contributed by atoms with Gasteiger partial charge in [0.05, 0.1) is 48.3 Å². The number of carbonyl (C=O) groups is 1. The van der Waals surface area contributed by atoms with Crippen molar-refractivity contribution in [1.82, 2.24) is 19.9 Å². The predicted octanol–water partition coefficient (Wildman–Crippen LogP) is 5.70. The molecule has 0 bridgehead atoms. The summed E-state index contributed by atoms with van der Waals surface area (Å²) in [4.78, 5) is 32.5. The number of anilines is 1. The Morgan fingerprint density at radius 1 is 1.10 bits per heavy atom.